The van der Waals surface area contributed by atoms with Gasteiger partial charge in [-0.15, -0.1) is 0 Å². The van der Waals surface area contributed by atoms with Gasteiger partial charge in [-0.2, -0.15) is 0 Å². The molecule has 3 rings (SSSR count). The maximum Gasteiger partial charge on any atom is 0.229 e. The first-order valence-electron chi connectivity index (χ1n) is 9.29. The predicted octanol–water partition coefficient (Wildman–Crippen LogP) is 2.93. The number of benzene rings is 2. The zero-order chi connectivity index (χ0) is 20.1. The van der Waals surface area contributed by atoms with Crippen molar-refractivity contribution < 1.29 is 19.1 Å². The van der Waals surface area contributed by atoms with E-state index in [0.717, 1.165) is 11.3 Å². The lowest BCUT2D eigenvalue weighted by atomic mass is 10.1. The van der Waals surface area contributed by atoms with Crippen LogP contribution in [-0.4, -0.2) is 42.7 Å². The second-order valence-electron chi connectivity index (χ2n) is 6.97. The molecule has 1 heterocycles. The molecule has 2 amide bonds. The first kappa shape index (κ1) is 19.6. The molecule has 0 saturated carbocycles. The van der Waals surface area contributed by atoms with E-state index in [1.54, 1.807) is 36.3 Å². The molecule has 1 unspecified atom stereocenters. The van der Waals surface area contributed by atoms with E-state index in [4.69, 9.17) is 4.74 Å². The van der Waals surface area contributed by atoms with Crippen LogP contribution in [0.1, 0.15) is 29.3 Å². The van der Waals surface area contributed by atoms with Crippen LogP contribution in [0.15, 0.2) is 48.5 Å². The standard InChI is InChI=1S/C22H24N2O4/c1-15(25)17-6-8-19(9-7-17)23-22(27)18-13-21(26)24(14-18)11-10-16-4-3-5-20(12-16)28-2/h3-9,12,18H,10-11,13-14H2,1-2H3,(H,23,27). The van der Waals surface area contributed by atoms with E-state index in [0.29, 0.717) is 30.8 Å². The van der Waals surface area contributed by atoms with Crippen LogP contribution in [0.5, 0.6) is 5.75 Å². The molecule has 0 aromatic heterocycles. The van der Waals surface area contributed by atoms with Gasteiger partial charge in [0.2, 0.25) is 11.8 Å². The number of amides is 2. The fourth-order valence-electron chi connectivity index (χ4n) is 3.29. The Morgan fingerprint density at radius 2 is 1.93 bits per heavy atom. The number of Topliss-reactive ketones (excluding diaryl/α,β-unsaturated/α-hetero) is 1. The van der Waals surface area contributed by atoms with Crippen LogP contribution >= 0.6 is 0 Å². The van der Waals surface area contributed by atoms with Crippen molar-refractivity contribution in [1.29, 1.82) is 0 Å². The molecule has 0 spiro atoms. The number of ether oxygens (including phenoxy) is 1. The molecule has 0 bridgehead atoms. The Bertz CT molecular complexity index is 876. The lowest BCUT2D eigenvalue weighted by Crippen LogP contribution is -2.30. The van der Waals surface area contributed by atoms with Gasteiger partial charge in [0.15, 0.2) is 5.78 Å². The maximum absolute atomic E-state index is 12.5. The van der Waals surface area contributed by atoms with E-state index in [1.807, 2.05) is 24.3 Å². The number of methoxy groups -OCH3 is 1. The molecule has 1 N–H and O–H groups in total. The number of hydrogen-bond acceptors (Lipinski definition) is 4. The Morgan fingerprint density at radius 3 is 2.61 bits per heavy atom. The minimum Gasteiger partial charge on any atom is -0.497 e. The van der Waals surface area contributed by atoms with Crippen molar-refractivity contribution in [3.63, 3.8) is 0 Å². The third kappa shape index (κ3) is 4.76. The predicted molar refractivity (Wildman–Crippen MR) is 106 cm³/mol. The average Bonchev–Trinajstić information content (AvgIpc) is 3.08. The molecule has 1 aliphatic rings. The second kappa shape index (κ2) is 8.69. The lowest BCUT2D eigenvalue weighted by Gasteiger charge is -2.17. The Hall–Kier alpha value is -3.15. The number of carbonyl (C=O) groups is 3. The molecular formula is C22H24N2O4. The molecule has 2 aromatic carbocycles. The van der Waals surface area contributed by atoms with Crippen molar-refractivity contribution in [2.45, 2.75) is 19.8 Å². The van der Waals surface area contributed by atoms with Crippen molar-refractivity contribution >= 4 is 23.3 Å². The number of ketones is 1. The van der Waals surface area contributed by atoms with Gasteiger partial charge in [0, 0.05) is 30.8 Å². The lowest BCUT2D eigenvalue weighted by molar-refractivity contribution is -0.128. The molecule has 6 heteroatoms. The summed E-state index contributed by atoms with van der Waals surface area (Å²) in [6, 6.07) is 14.5. The fraction of sp³-hybridized carbons (Fsp3) is 0.318. The minimum absolute atomic E-state index is 0.00465. The van der Waals surface area contributed by atoms with Crippen LogP contribution in [-0.2, 0) is 16.0 Å². The van der Waals surface area contributed by atoms with E-state index in [9.17, 15) is 14.4 Å². The summed E-state index contributed by atoms with van der Waals surface area (Å²) >= 11 is 0. The normalized spacial score (nSPS) is 16.1. The number of nitrogens with one attached hydrogen (secondary N) is 1. The van der Waals surface area contributed by atoms with Crippen LogP contribution < -0.4 is 10.1 Å². The first-order chi connectivity index (χ1) is 13.5. The molecule has 1 saturated heterocycles. The van der Waals surface area contributed by atoms with Crippen LogP contribution in [0, 0.1) is 5.92 Å². The summed E-state index contributed by atoms with van der Waals surface area (Å²) in [7, 11) is 1.62. The molecule has 0 aliphatic carbocycles. The van der Waals surface area contributed by atoms with Gasteiger partial charge in [-0.05, 0) is 55.3 Å². The van der Waals surface area contributed by atoms with E-state index in [1.165, 1.54) is 6.92 Å². The highest BCUT2D eigenvalue weighted by Crippen LogP contribution is 2.21. The number of carbonyl (C=O) groups excluding carboxylic acids is 3. The van der Waals surface area contributed by atoms with Crippen LogP contribution in [0.4, 0.5) is 5.69 Å². The molecule has 28 heavy (non-hydrogen) atoms. The largest absolute Gasteiger partial charge is 0.497 e. The van der Waals surface area contributed by atoms with Crippen molar-refractivity contribution in [2.75, 3.05) is 25.5 Å². The van der Waals surface area contributed by atoms with Gasteiger partial charge in [0.05, 0.1) is 13.0 Å². The Balaban J connectivity index is 1.54. The zero-order valence-corrected chi connectivity index (χ0v) is 16.1. The van der Waals surface area contributed by atoms with Crippen LogP contribution in [0.25, 0.3) is 0 Å². The van der Waals surface area contributed by atoms with E-state index in [-0.39, 0.29) is 29.9 Å². The van der Waals surface area contributed by atoms with Gasteiger partial charge < -0.3 is 15.0 Å². The summed E-state index contributed by atoms with van der Waals surface area (Å²) in [6.07, 6.45) is 0.930. The third-order valence-electron chi connectivity index (χ3n) is 4.95. The zero-order valence-electron chi connectivity index (χ0n) is 16.1. The molecule has 1 atom stereocenters. The van der Waals surface area contributed by atoms with E-state index in [2.05, 4.69) is 5.32 Å². The van der Waals surface area contributed by atoms with Gasteiger partial charge in [0.1, 0.15) is 5.75 Å². The maximum atomic E-state index is 12.5. The van der Waals surface area contributed by atoms with Crippen molar-refractivity contribution in [2.24, 2.45) is 5.92 Å². The topological polar surface area (TPSA) is 75.7 Å². The molecule has 1 fully saturated rings. The Labute approximate surface area is 164 Å². The van der Waals surface area contributed by atoms with Gasteiger partial charge in [-0.3, -0.25) is 14.4 Å². The summed E-state index contributed by atoms with van der Waals surface area (Å²) in [5, 5.41) is 2.83. The number of likely N-dealkylation sites (tertiary alicyclic amines) is 1. The average molecular weight is 380 g/mol. The second-order valence-corrected chi connectivity index (χ2v) is 6.97. The number of rotatable bonds is 7. The van der Waals surface area contributed by atoms with Crippen LogP contribution in [0.3, 0.4) is 0 Å². The van der Waals surface area contributed by atoms with Gasteiger partial charge in [-0.1, -0.05) is 12.1 Å². The monoisotopic (exact) mass is 380 g/mol. The summed E-state index contributed by atoms with van der Waals surface area (Å²) in [5.74, 6) is 0.220. The quantitative estimate of drug-likeness (QED) is 0.750. The number of nitrogens with zero attached hydrogens (tertiary/aromatic N) is 1. The molecule has 2 aromatic rings. The Kier molecular flexibility index (Phi) is 6.09. The summed E-state index contributed by atoms with van der Waals surface area (Å²) in [4.78, 5) is 37.9. The molecule has 1 aliphatic heterocycles. The van der Waals surface area contributed by atoms with E-state index < -0.39 is 0 Å². The number of hydrogen-bond donors (Lipinski definition) is 1. The third-order valence-corrected chi connectivity index (χ3v) is 4.95. The van der Waals surface area contributed by atoms with Crippen molar-refractivity contribution in [3.05, 3.63) is 59.7 Å². The molecule has 0 radical (unpaired) electrons. The highest BCUT2D eigenvalue weighted by Gasteiger charge is 2.34. The van der Waals surface area contributed by atoms with E-state index >= 15 is 0 Å². The Morgan fingerprint density at radius 1 is 1.18 bits per heavy atom. The summed E-state index contributed by atoms with van der Waals surface area (Å²) in [6.45, 7) is 2.49. The van der Waals surface area contributed by atoms with Crippen LogP contribution in [0.2, 0.25) is 0 Å². The smallest absolute Gasteiger partial charge is 0.229 e. The van der Waals surface area contributed by atoms with Gasteiger partial charge in [0.25, 0.3) is 0 Å². The molecule has 6 nitrogen and oxygen atoms in total. The fourth-order valence-corrected chi connectivity index (χ4v) is 3.29. The highest BCUT2D eigenvalue weighted by molar-refractivity contribution is 5.98. The van der Waals surface area contributed by atoms with Gasteiger partial charge in [-0.25, -0.2) is 0 Å². The van der Waals surface area contributed by atoms with Crippen molar-refractivity contribution in [3.8, 4) is 5.75 Å². The summed E-state index contributed by atoms with van der Waals surface area (Å²) < 4.78 is 5.22. The SMILES string of the molecule is COc1cccc(CCN2CC(C(=O)Nc3ccc(C(C)=O)cc3)CC2=O)c1. The van der Waals surface area contributed by atoms with Crippen molar-refractivity contribution in [1.82, 2.24) is 4.90 Å². The minimum atomic E-state index is -0.370. The summed E-state index contributed by atoms with van der Waals surface area (Å²) in [5.41, 5.74) is 2.31. The first-order valence-corrected chi connectivity index (χ1v) is 9.29. The molecular weight excluding hydrogens is 356 g/mol. The number of anilines is 1. The highest BCUT2D eigenvalue weighted by atomic mass is 16.5. The van der Waals surface area contributed by atoms with Gasteiger partial charge >= 0.3 is 0 Å². The molecule has 146 valence electrons.